The summed E-state index contributed by atoms with van der Waals surface area (Å²) < 4.78 is 0. The van der Waals surface area contributed by atoms with Crippen LogP contribution in [0.2, 0.25) is 0 Å². The summed E-state index contributed by atoms with van der Waals surface area (Å²) in [6.07, 6.45) is 11.1. The van der Waals surface area contributed by atoms with Crippen LogP contribution >= 0.6 is 0 Å². The number of aliphatic carboxylic acids is 1. The molecule has 5 atom stereocenters. The molecule has 6 heteroatoms. The molecule has 150 valence electrons. The summed E-state index contributed by atoms with van der Waals surface area (Å²) in [7, 11) is 0. The van der Waals surface area contributed by atoms with E-state index in [1.165, 1.54) is 0 Å². The molecular weight excluding hydrogens is 336 g/mol. The van der Waals surface area contributed by atoms with Gasteiger partial charge in [0.25, 0.3) is 0 Å². The van der Waals surface area contributed by atoms with Crippen LogP contribution in [0.15, 0.2) is 24.3 Å². The van der Waals surface area contributed by atoms with Crippen molar-refractivity contribution >= 4 is 5.97 Å². The third-order valence-electron chi connectivity index (χ3n) is 4.97. The normalized spacial score (nSPS) is 27.5. The fraction of sp³-hybridized carbons (Fsp3) is 0.750. The van der Waals surface area contributed by atoms with Crippen LogP contribution in [0, 0.1) is 11.8 Å². The average molecular weight is 370 g/mol. The number of carbonyl (C=O) groups is 1. The molecule has 0 aromatic rings. The van der Waals surface area contributed by atoms with E-state index in [9.17, 15) is 20.1 Å². The number of unbranched alkanes of at least 4 members (excludes halogenated alkanes) is 3. The Morgan fingerprint density at radius 2 is 1.85 bits per heavy atom. The Hall–Kier alpha value is -1.21. The van der Waals surface area contributed by atoms with E-state index >= 15 is 0 Å². The van der Waals surface area contributed by atoms with Crippen molar-refractivity contribution in [1.82, 2.24) is 0 Å². The van der Waals surface area contributed by atoms with Crippen molar-refractivity contribution in [1.29, 1.82) is 0 Å². The molecule has 1 aliphatic carbocycles. The second kappa shape index (κ2) is 13.0. The Balaban J connectivity index is 2.44. The van der Waals surface area contributed by atoms with Gasteiger partial charge in [0.2, 0.25) is 0 Å². The highest BCUT2D eigenvalue weighted by molar-refractivity contribution is 5.66. The lowest BCUT2D eigenvalue weighted by molar-refractivity contribution is -0.137. The molecule has 0 spiro atoms. The fourth-order valence-corrected chi connectivity index (χ4v) is 3.44. The number of carboxylic acids is 1. The lowest BCUT2D eigenvalue weighted by atomic mass is 9.89. The van der Waals surface area contributed by atoms with E-state index in [1.54, 1.807) is 6.08 Å². The zero-order valence-electron chi connectivity index (χ0n) is 15.4. The molecule has 0 aromatic carbocycles. The first-order valence-corrected chi connectivity index (χ1v) is 9.65. The third-order valence-corrected chi connectivity index (χ3v) is 4.97. The molecule has 0 amide bonds. The van der Waals surface area contributed by atoms with Crippen LogP contribution in [-0.4, -0.2) is 56.4 Å². The average Bonchev–Trinajstić information content (AvgIpc) is 2.85. The predicted octanol–water partition coefficient (Wildman–Crippen LogP) is 2.02. The maximum Gasteiger partial charge on any atom is 0.303 e. The number of hydrogen-bond acceptors (Lipinski definition) is 5. The second-order valence-corrected chi connectivity index (χ2v) is 7.13. The molecule has 26 heavy (non-hydrogen) atoms. The second-order valence-electron chi connectivity index (χ2n) is 7.13. The quantitative estimate of drug-likeness (QED) is 0.250. The van der Waals surface area contributed by atoms with E-state index in [0.717, 1.165) is 19.3 Å². The van der Waals surface area contributed by atoms with Crippen LogP contribution in [0.3, 0.4) is 0 Å². The number of allylic oxidation sites excluding steroid dienone is 2. The van der Waals surface area contributed by atoms with Crippen LogP contribution in [0.5, 0.6) is 0 Å². The van der Waals surface area contributed by atoms with Crippen molar-refractivity contribution in [3.63, 3.8) is 0 Å². The Labute approximate surface area is 155 Å². The van der Waals surface area contributed by atoms with Gasteiger partial charge in [0.05, 0.1) is 18.3 Å². The van der Waals surface area contributed by atoms with Gasteiger partial charge in [-0.05, 0) is 38.0 Å². The van der Waals surface area contributed by atoms with Gasteiger partial charge < -0.3 is 25.5 Å². The van der Waals surface area contributed by atoms with Crippen molar-refractivity contribution in [3.05, 3.63) is 24.3 Å². The van der Waals surface area contributed by atoms with Crippen LogP contribution in [0.25, 0.3) is 0 Å². The van der Waals surface area contributed by atoms with Gasteiger partial charge in [-0.3, -0.25) is 4.79 Å². The maximum absolute atomic E-state index is 10.5. The van der Waals surface area contributed by atoms with Gasteiger partial charge in [0, 0.05) is 25.4 Å². The van der Waals surface area contributed by atoms with Gasteiger partial charge in [0.15, 0.2) is 0 Å². The van der Waals surface area contributed by atoms with E-state index in [-0.39, 0.29) is 24.9 Å². The van der Waals surface area contributed by atoms with Gasteiger partial charge in [-0.25, -0.2) is 0 Å². The summed E-state index contributed by atoms with van der Waals surface area (Å²) in [4.78, 5) is 10.5. The number of hydrogen-bond donors (Lipinski definition) is 5. The SMILES string of the molecule is O=C(O)CCC/C=C/C[C@@H]1[C@@H](/C=C/[C@@H](O)CCCCCO)[C@H](O)C[C@@H]1O. The number of carboxylic acid groups (broad SMARTS) is 1. The van der Waals surface area contributed by atoms with E-state index in [1.807, 2.05) is 18.2 Å². The Morgan fingerprint density at radius 3 is 2.54 bits per heavy atom. The first kappa shape index (κ1) is 22.8. The van der Waals surface area contributed by atoms with Gasteiger partial charge in [-0.15, -0.1) is 0 Å². The number of aliphatic hydroxyl groups excluding tert-OH is 4. The molecule has 0 saturated heterocycles. The number of aliphatic hydroxyl groups is 4. The topological polar surface area (TPSA) is 118 Å². The molecule has 1 fully saturated rings. The summed E-state index contributed by atoms with van der Waals surface area (Å²) in [6, 6.07) is 0. The van der Waals surface area contributed by atoms with Crippen molar-refractivity contribution in [2.45, 2.75) is 76.1 Å². The summed E-state index contributed by atoms with van der Waals surface area (Å²) in [5.74, 6) is -1.09. The summed E-state index contributed by atoms with van der Waals surface area (Å²) in [6.45, 7) is 0.170. The molecule has 0 unspecified atom stereocenters. The Bertz CT molecular complexity index is 448. The van der Waals surface area contributed by atoms with Gasteiger partial charge >= 0.3 is 5.97 Å². The smallest absolute Gasteiger partial charge is 0.303 e. The molecule has 0 bridgehead atoms. The lowest BCUT2D eigenvalue weighted by Crippen LogP contribution is -2.20. The first-order chi connectivity index (χ1) is 12.5. The molecule has 1 rings (SSSR count). The van der Waals surface area contributed by atoms with Crippen LogP contribution in [0.1, 0.15) is 57.8 Å². The van der Waals surface area contributed by atoms with E-state index < -0.39 is 24.3 Å². The Kier molecular flexibility index (Phi) is 11.4. The summed E-state index contributed by atoms with van der Waals surface area (Å²) in [5.41, 5.74) is 0. The number of rotatable bonds is 13. The van der Waals surface area contributed by atoms with Crippen LogP contribution in [0.4, 0.5) is 0 Å². The van der Waals surface area contributed by atoms with Crippen molar-refractivity contribution in [3.8, 4) is 0 Å². The zero-order chi connectivity index (χ0) is 19.4. The molecule has 0 aromatic heterocycles. The molecule has 5 N–H and O–H groups in total. The Morgan fingerprint density at radius 1 is 1.08 bits per heavy atom. The highest BCUT2D eigenvalue weighted by atomic mass is 16.4. The third kappa shape index (κ3) is 8.94. The monoisotopic (exact) mass is 370 g/mol. The maximum atomic E-state index is 10.5. The molecular formula is C20H34O6. The molecule has 0 heterocycles. The summed E-state index contributed by atoms with van der Waals surface area (Å²) >= 11 is 0. The largest absolute Gasteiger partial charge is 0.481 e. The first-order valence-electron chi connectivity index (χ1n) is 9.65. The van der Waals surface area contributed by atoms with E-state index in [4.69, 9.17) is 10.2 Å². The van der Waals surface area contributed by atoms with Crippen molar-refractivity contribution in [2.75, 3.05) is 6.61 Å². The standard InChI is InChI=1S/C20H34O6/c21-13-7-3-4-8-15(22)11-12-17-16(18(23)14-19(17)24)9-5-1-2-6-10-20(25)26/h1,5,11-12,15-19,21-24H,2-4,6-10,13-14H2,(H,25,26)/b5-1+,12-11+/t15-,16+,17+,18-,19+/m0/s1. The van der Waals surface area contributed by atoms with E-state index in [0.29, 0.717) is 32.1 Å². The van der Waals surface area contributed by atoms with Crippen LogP contribution < -0.4 is 0 Å². The van der Waals surface area contributed by atoms with Crippen LogP contribution in [-0.2, 0) is 4.79 Å². The minimum absolute atomic E-state index is 0.0986. The predicted molar refractivity (Wildman–Crippen MR) is 99.6 cm³/mol. The highest BCUT2D eigenvalue weighted by Crippen LogP contribution is 2.36. The minimum atomic E-state index is -0.798. The molecule has 0 radical (unpaired) electrons. The van der Waals surface area contributed by atoms with Crippen molar-refractivity contribution in [2.24, 2.45) is 11.8 Å². The van der Waals surface area contributed by atoms with Gasteiger partial charge in [0.1, 0.15) is 0 Å². The molecule has 6 nitrogen and oxygen atoms in total. The van der Waals surface area contributed by atoms with Gasteiger partial charge in [-0.2, -0.15) is 0 Å². The van der Waals surface area contributed by atoms with Gasteiger partial charge in [-0.1, -0.05) is 37.1 Å². The summed E-state index contributed by atoms with van der Waals surface area (Å²) in [5, 5.41) is 47.7. The molecule has 1 saturated carbocycles. The minimum Gasteiger partial charge on any atom is -0.481 e. The van der Waals surface area contributed by atoms with E-state index in [2.05, 4.69) is 0 Å². The highest BCUT2D eigenvalue weighted by Gasteiger charge is 2.39. The molecule has 1 aliphatic rings. The fourth-order valence-electron chi connectivity index (χ4n) is 3.44. The molecule has 0 aliphatic heterocycles. The lowest BCUT2D eigenvalue weighted by Gasteiger charge is -2.19. The zero-order valence-corrected chi connectivity index (χ0v) is 15.4. The van der Waals surface area contributed by atoms with Crippen molar-refractivity contribution < 1.29 is 30.3 Å².